The predicted octanol–water partition coefficient (Wildman–Crippen LogP) is 3.73. The summed E-state index contributed by atoms with van der Waals surface area (Å²) in [5.74, 6) is -0.507. The molecular weight excluding hydrogens is 422 g/mol. The highest BCUT2D eigenvalue weighted by atomic mass is 19.3. The lowest BCUT2D eigenvalue weighted by molar-refractivity contribution is -0.621. The monoisotopic (exact) mass is 446 g/mol. The van der Waals surface area contributed by atoms with Gasteiger partial charge in [0.1, 0.15) is 5.75 Å². The Balaban J connectivity index is 1.62. The molecule has 0 spiro atoms. The molecule has 0 bridgehead atoms. The molecule has 0 radical (unpaired) electrons. The number of pyridine rings is 1. The van der Waals surface area contributed by atoms with E-state index in [-0.39, 0.29) is 10.8 Å². The Morgan fingerprint density at radius 2 is 2.09 bits per heavy atom. The van der Waals surface area contributed by atoms with E-state index in [0.717, 1.165) is 24.3 Å². The Labute approximate surface area is 183 Å². The molecule has 0 unspecified atom stereocenters. The summed E-state index contributed by atoms with van der Waals surface area (Å²) in [6.07, 6.45) is 1.83. The molecule has 3 aromatic rings. The van der Waals surface area contributed by atoms with Gasteiger partial charge in [0.15, 0.2) is 0 Å². The summed E-state index contributed by atoms with van der Waals surface area (Å²) >= 11 is 0. The molecule has 1 fully saturated rings. The standard InChI is InChI=1S/C22H24F2N4O4/c1-22(30)8-6-14(7-9-22)27-12-13-10-16(19(32-2)11-15(13)26-27)25-21(29)18-5-3-4-17(20(23)24)28(18)31/h3-5,10-12,14,20,30H,6-9H2,1-2H3,(H,25,29). The van der Waals surface area contributed by atoms with Gasteiger partial charge in [0.2, 0.25) is 0 Å². The van der Waals surface area contributed by atoms with E-state index in [1.54, 1.807) is 12.1 Å². The molecule has 10 heteroatoms. The first kappa shape index (κ1) is 21.9. The van der Waals surface area contributed by atoms with Crippen LogP contribution in [0, 0.1) is 5.21 Å². The van der Waals surface area contributed by atoms with Crippen molar-refractivity contribution in [3.05, 3.63) is 53.1 Å². The lowest BCUT2D eigenvalue weighted by atomic mass is 9.84. The third-order valence-electron chi connectivity index (χ3n) is 5.93. The number of carbonyl (C=O) groups excluding carboxylic acids is 1. The first-order valence-corrected chi connectivity index (χ1v) is 10.3. The number of methoxy groups -OCH3 is 1. The molecule has 1 aliphatic rings. The molecule has 1 aliphatic carbocycles. The number of nitrogens with one attached hydrogen (secondary N) is 1. The molecule has 0 atom stereocenters. The molecule has 0 aliphatic heterocycles. The van der Waals surface area contributed by atoms with Crippen molar-refractivity contribution in [3.8, 4) is 5.75 Å². The van der Waals surface area contributed by atoms with Crippen molar-refractivity contribution >= 4 is 22.5 Å². The van der Waals surface area contributed by atoms with Crippen LogP contribution in [-0.4, -0.2) is 33.5 Å². The SMILES string of the molecule is COc1cc2nn(C3CCC(C)(O)CC3)cc2cc1NC(=O)c1cccc(C(F)F)[n+]1[O-]. The fraction of sp³-hybridized carbons (Fsp3) is 0.409. The summed E-state index contributed by atoms with van der Waals surface area (Å²) in [6, 6.07) is 6.87. The number of anilines is 1. The van der Waals surface area contributed by atoms with Gasteiger partial charge in [-0.25, -0.2) is 0 Å². The second-order valence-electron chi connectivity index (χ2n) is 8.33. The normalized spacial score (nSPS) is 21.1. The molecule has 32 heavy (non-hydrogen) atoms. The zero-order chi connectivity index (χ0) is 23.0. The zero-order valence-electron chi connectivity index (χ0n) is 17.7. The molecule has 2 heterocycles. The molecule has 2 aromatic heterocycles. The number of nitrogens with zero attached hydrogens (tertiary/aromatic N) is 3. The number of hydrogen-bond donors (Lipinski definition) is 2. The third-order valence-corrected chi connectivity index (χ3v) is 5.93. The van der Waals surface area contributed by atoms with Gasteiger partial charge in [0, 0.05) is 29.8 Å². The highest BCUT2D eigenvalue weighted by Crippen LogP contribution is 2.36. The van der Waals surface area contributed by atoms with E-state index in [9.17, 15) is 23.9 Å². The first-order chi connectivity index (χ1) is 15.2. The maximum atomic E-state index is 13.0. The highest BCUT2D eigenvalue weighted by Gasteiger charge is 2.30. The topological polar surface area (TPSA) is 103 Å². The maximum Gasteiger partial charge on any atom is 0.322 e. The lowest BCUT2D eigenvalue weighted by Gasteiger charge is -2.33. The Kier molecular flexibility index (Phi) is 5.72. The van der Waals surface area contributed by atoms with Crippen LogP contribution in [0.15, 0.2) is 36.5 Å². The summed E-state index contributed by atoms with van der Waals surface area (Å²) in [6.45, 7) is 1.84. The number of benzene rings is 1. The van der Waals surface area contributed by atoms with Crippen molar-refractivity contribution in [1.82, 2.24) is 9.78 Å². The predicted molar refractivity (Wildman–Crippen MR) is 113 cm³/mol. The molecule has 1 saturated carbocycles. The van der Waals surface area contributed by atoms with E-state index in [2.05, 4.69) is 10.4 Å². The van der Waals surface area contributed by atoms with Crippen LogP contribution in [0.3, 0.4) is 0 Å². The van der Waals surface area contributed by atoms with E-state index >= 15 is 0 Å². The minimum atomic E-state index is -3.00. The molecule has 0 saturated heterocycles. The fourth-order valence-electron chi connectivity index (χ4n) is 4.04. The molecule has 1 amide bonds. The van der Waals surface area contributed by atoms with Gasteiger partial charge in [-0.3, -0.25) is 9.48 Å². The van der Waals surface area contributed by atoms with Crippen molar-refractivity contribution in [3.63, 3.8) is 0 Å². The van der Waals surface area contributed by atoms with Gasteiger partial charge < -0.3 is 20.4 Å². The average molecular weight is 446 g/mol. The quantitative estimate of drug-likeness (QED) is 0.459. The van der Waals surface area contributed by atoms with Crippen molar-refractivity contribution in [2.75, 3.05) is 12.4 Å². The number of carbonyl (C=O) groups is 1. The van der Waals surface area contributed by atoms with Gasteiger partial charge >= 0.3 is 12.3 Å². The zero-order valence-corrected chi connectivity index (χ0v) is 17.7. The van der Waals surface area contributed by atoms with Crippen LogP contribution in [0.5, 0.6) is 5.75 Å². The summed E-state index contributed by atoms with van der Waals surface area (Å²) in [4.78, 5) is 12.7. The number of aliphatic hydroxyl groups is 1. The number of aromatic nitrogens is 3. The molecule has 4 rings (SSSR count). The number of ether oxygens (including phenoxy) is 1. The van der Waals surface area contributed by atoms with Crippen LogP contribution in [0.1, 0.15) is 61.3 Å². The Hall–Kier alpha value is -3.27. The van der Waals surface area contributed by atoms with Crippen LogP contribution < -0.4 is 14.8 Å². The summed E-state index contributed by atoms with van der Waals surface area (Å²) in [7, 11) is 1.43. The second kappa shape index (κ2) is 8.34. The lowest BCUT2D eigenvalue weighted by Crippen LogP contribution is -2.40. The summed E-state index contributed by atoms with van der Waals surface area (Å²) in [5, 5.41) is 30.3. The largest absolute Gasteiger partial charge is 0.618 e. The van der Waals surface area contributed by atoms with Gasteiger partial charge in [0.25, 0.3) is 11.4 Å². The van der Waals surface area contributed by atoms with Crippen LogP contribution in [0.25, 0.3) is 10.9 Å². The highest BCUT2D eigenvalue weighted by molar-refractivity contribution is 6.04. The Morgan fingerprint density at radius 1 is 1.38 bits per heavy atom. The van der Waals surface area contributed by atoms with Gasteiger partial charge in [-0.15, -0.1) is 0 Å². The van der Waals surface area contributed by atoms with Gasteiger partial charge in [-0.05, 0) is 44.7 Å². The van der Waals surface area contributed by atoms with Crippen molar-refractivity contribution in [2.45, 2.75) is 50.7 Å². The van der Waals surface area contributed by atoms with Crippen molar-refractivity contribution in [1.29, 1.82) is 0 Å². The van der Waals surface area contributed by atoms with E-state index in [1.807, 2.05) is 17.8 Å². The van der Waals surface area contributed by atoms with Crippen LogP contribution in [-0.2, 0) is 0 Å². The molecule has 8 nitrogen and oxygen atoms in total. The molecule has 1 aromatic carbocycles. The van der Waals surface area contributed by atoms with Crippen molar-refractivity contribution in [2.24, 2.45) is 0 Å². The number of hydrogen-bond acceptors (Lipinski definition) is 5. The molecule has 170 valence electrons. The van der Waals surface area contributed by atoms with Crippen LogP contribution in [0.2, 0.25) is 0 Å². The third kappa shape index (κ3) is 4.22. The second-order valence-corrected chi connectivity index (χ2v) is 8.33. The smallest absolute Gasteiger partial charge is 0.322 e. The minimum absolute atomic E-state index is 0.0684. The Morgan fingerprint density at radius 3 is 2.75 bits per heavy atom. The van der Waals surface area contributed by atoms with Crippen LogP contribution in [0.4, 0.5) is 14.5 Å². The fourth-order valence-corrected chi connectivity index (χ4v) is 4.04. The van der Waals surface area contributed by atoms with E-state index in [1.165, 1.54) is 19.2 Å². The van der Waals surface area contributed by atoms with E-state index in [0.29, 0.717) is 29.8 Å². The number of amides is 1. The van der Waals surface area contributed by atoms with E-state index in [4.69, 9.17) is 4.74 Å². The number of halogens is 2. The van der Waals surface area contributed by atoms with Gasteiger partial charge in [-0.1, -0.05) is 0 Å². The maximum absolute atomic E-state index is 13.0. The minimum Gasteiger partial charge on any atom is -0.618 e. The number of rotatable bonds is 5. The first-order valence-electron chi connectivity index (χ1n) is 10.3. The van der Waals surface area contributed by atoms with E-state index < -0.39 is 29.3 Å². The summed E-state index contributed by atoms with van der Waals surface area (Å²) in [5.41, 5.74) is -0.943. The number of alkyl halides is 2. The summed E-state index contributed by atoms with van der Waals surface area (Å²) < 4.78 is 33.1. The van der Waals surface area contributed by atoms with Gasteiger partial charge in [-0.2, -0.15) is 18.6 Å². The average Bonchev–Trinajstić information content (AvgIpc) is 3.15. The Bertz CT molecular complexity index is 1150. The number of fused-ring (bicyclic) bond motifs is 1. The molecule has 2 N–H and O–H groups in total. The van der Waals surface area contributed by atoms with Gasteiger partial charge in [0.05, 0.1) is 30.0 Å². The van der Waals surface area contributed by atoms with Crippen LogP contribution >= 0.6 is 0 Å². The molecular formula is C22H24F2N4O4. The van der Waals surface area contributed by atoms with Crippen molar-refractivity contribution < 1.29 is 28.1 Å².